The summed E-state index contributed by atoms with van der Waals surface area (Å²) in [5.41, 5.74) is 8.40. The maximum Gasteiger partial charge on any atom is 0.412 e. The molecule has 9 heteroatoms. The normalized spacial score (nSPS) is 11.4. The standard InChI is InChI=1S/C28H28N4O5/c1-36-26-16-13-20(17-24(26)33)25(37-28(35)31-21-14-11-19(18-29)12-15-21)9-3-2-4-10-27(34)32-23-8-6-5-7-22(23)30/h4-8,10-17,25,33H,2-3,9,30H2,1H3,(H,31,35)(H,32,34)/b10-4+/t25-/m0/s1. The highest BCUT2D eigenvalue weighted by molar-refractivity contribution is 6.01. The highest BCUT2D eigenvalue weighted by atomic mass is 16.6. The largest absolute Gasteiger partial charge is 0.504 e. The molecular weight excluding hydrogens is 472 g/mol. The second-order valence-corrected chi connectivity index (χ2v) is 8.05. The fourth-order valence-corrected chi connectivity index (χ4v) is 3.50. The predicted octanol–water partition coefficient (Wildman–Crippen LogP) is 5.51. The van der Waals surface area contributed by atoms with Gasteiger partial charge in [-0.3, -0.25) is 10.1 Å². The summed E-state index contributed by atoms with van der Waals surface area (Å²) in [4.78, 5) is 24.7. The van der Waals surface area contributed by atoms with Gasteiger partial charge in [0.2, 0.25) is 5.91 Å². The number of hydrogen-bond acceptors (Lipinski definition) is 7. The van der Waals surface area contributed by atoms with Crippen LogP contribution in [0.15, 0.2) is 78.9 Å². The molecule has 190 valence electrons. The third-order valence-corrected chi connectivity index (χ3v) is 5.41. The van der Waals surface area contributed by atoms with Crippen molar-refractivity contribution in [1.82, 2.24) is 0 Å². The van der Waals surface area contributed by atoms with Crippen molar-refractivity contribution in [3.63, 3.8) is 0 Å². The summed E-state index contributed by atoms with van der Waals surface area (Å²) in [6, 6.07) is 20.2. The van der Waals surface area contributed by atoms with Gasteiger partial charge in [0.1, 0.15) is 6.10 Å². The maximum absolute atomic E-state index is 12.6. The number of ether oxygens (including phenoxy) is 2. The minimum absolute atomic E-state index is 0.0714. The van der Waals surface area contributed by atoms with Crippen LogP contribution in [0.2, 0.25) is 0 Å². The van der Waals surface area contributed by atoms with Crippen LogP contribution < -0.4 is 21.1 Å². The van der Waals surface area contributed by atoms with Crippen molar-refractivity contribution in [3.05, 3.63) is 90.0 Å². The number of phenolic OH excluding ortho intramolecular Hbond substituents is 1. The molecule has 3 aromatic rings. The average molecular weight is 501 g/mol. The SMILES string of the molecule is COc1ccc([C@H](CCC/C=C/C(=O)Nc2ccccc2N)OC(=O)Nc2ccc(C#N)cc2)cc1O. The number of anilines is 3. The Hall–Kier alpha value is -4.97. The number of unbranched alkanes of at least 4 members (excludes halogenated alkanes) is 1. The summed E-state index contributed by atoms with van der Waals surface area (Å²) < 4.78 is 10.8. The van der Waals surface area contributed by atoms with E-state index >= 15 is 0 Å². The van der Waals surface area contributed by atoms with Crippen LogP contribution >= 0.6 is 0 Å². The number of methoxy groups -OCH3 is 1. The van der Waals surface area contributed by atoms with Gasteiger partial charge in [-0.25, -0.2) is 4.79 Å². The fraction of sp³-hybridized carbons (Fsp3) is 0.179. The number of benzene rings is 3. The van der Waals surface area contributed by atoms with Gasteiger partial charge in [-0.05, 0) is 79.4 Å². The molecule has 37 heavy (non-hydrogen) atoms. The topological polar surface area (TPSA) is 147 Å². The summed E-state index contributed by atoms with van der Waals surface area (Å²) in [6.07, 6.45) is 3.40. The Kier molecular flexibility index (Phi) is 9.51. The molecule has 2 amide bonds. The number of nitrogens with zero attached hydrogens (tertiary/aromatic N) is 1. The number of nitrogens with two attached hydrogens (primary N) is 1. The van der Waals surface area contributed by atoms with Crippen molar-refractivity contribution in [2.75, 3.05) is 23.5 Å². The summed E-state index contributed by atoms with van der Waals surface area (Å²) in [7, 11) is 1.45. The molecular formula is C28H28N4O5. The van der Waals surface area contributed by atoms with E-state index in [1.165, 1.54) is 19.3 Å². The van der Waals surface area contributed by atoms with Gasteiger partial charge in [0.25, 0.3) is 0 Å². The van der Waals surface area contributed by atoms with Crippen LogP contribution in [0.25, 0.3) is 0 Å². The lowest BCUT2D eigenvalue weighted by Crippen LogP contribution is -2.17. The molecule has 0 aromatic heterocycles. The third kappa shape index (κ3) is 8.04. The first-order chi connectivity index (χ1) is 17.9. The molecule has 0 saturated carbocycles. The first-order valence-electron chi connectivity index (χ1n) is 11.6. The smallest absolute Gasteiger partial charge is 0.412 e. The van der Waals surface area contributed by atoms with Crippen LogP contribution in [0.1, 0.15) is 36.5 Å². The Morgan fingerprint density at radius 1 is 1.11 bits per heavy atom. The third-order valence-electron chi connectivity index (χ3n) is 5.41. The highest BCUT2D eigenvalue weighted by Crippen LogP contribution is 2.32. The lowest BCUT2D eigenvalue weighted by molar-refractivity contribution is -0.111. The Morgan fingerprint density at radius 3 is 2.54 bits per heavy atom. The number of amides is 2. The molecule has 9 nitrogen and oxygen atoms in total. The number of allylic oxidation sites excluding steroid dienone is 1. The van der Waals surface area contributed by atoms with Gasteiger partial charge >= 0.3 is 6.09 Å². The van der Waals surface area contributed by atoms with Crippen molar-refractivity contribution in [1.29, 1.82) is 5.26 Å². The minimum atomic E-state index is -0.680. The van der Waals surface area contributed by atoms with E-state index in [2.05, 4.69) is 10.6 Å². The van der Waals surface area contributed by atoms with Crippen LogP contribution in [-0.4, -0.2) is 24.2 Å². The quantitative estimate of drug-likeness (QED) is 0.163. The van der Waals surface area contributed by atoms with Gasteiger partial charge in [-0.1, -0.05) is 24.3 Å². The van der Waals surface area contributed by atoms with Crippen LogP contribution in [-0.2, 0) is 9.53 Å². The fourth-order valence-electron chi connectivity index (χ4n) is 3.50. The first kappa shape index (κ1) is 26.6. The number of nitriles is 1. The van der Waals surface area contributed by atoms with E-state index in [9.17, 15) is 14.7 Å². The summed E-state index contributed by atoms with van der Waals surface area (Å²) in [5.74, 6) is -0.0667. The molecule has 1 atom stereocenters. The molecule has 0 spiro atoms. The predicted molar refractivity (Wildman–Crippen MR) is 141 cm³/mol. The van der Waals surface area contributed by atoms with E-state index < -0.39 is 12.2 Å². The van der Waals surface area contributed by atoms with Crippen molar-refractivity contribution < 1.29 is 24.2 Å². The van der Waals surface area contributed by atoms with Gasteiger partial charge in [0.15, 0.2) is 11.5 Å². The van der Waals surface area contributed by atoms with Crippen LogP contribution in [0.3, 0.4) is 0 Å². The van der Waals surface area contributed by atoms with E-state index in [1.54, 1.807) is 66.7 Å². The molecule has 0 aliphatic carbocycles. The maximum atomic E-state index is 12.6. The van der Waals surface area contributed by atoms with Gasteiger partial charge in [0.05, 0.1) is 30.1 Å². The van der Waals surface area contributed by atoms with Gasteiger partial charge < -0.3 is 25.6 Å². The Morgan fingerprint density at radius 2 is 1.86 bits per heavy atom. The summed E-state index contributed by atoms with van der Waals surface area (Å²) >= 11 is 0. The molecule has 0 aliphatic rings. The molecule has 5 N–H and O–H groups in total. The first-order valence-corrected chi connectivity index (χ1v) is 11.6. The highest BCUT2D eigenvalue weighted by Gasteiger charge is 2.18. The summed E-state index contributed by atoms with van der Waals surface area (Å²) in [5, 5.41) is 24.5. The number of aromatic hydroxyl groups is 1. The molecule has 0 unspecified atom stereocenters. The van der Waals surface area contributed by atoms with E-state index in [1.807, 2.05) is 6.07 Å². The second-order valence-electron chi connectivity index (χ2n) is 8.05. The number of hydrogen-bond donors (Lipinski definition) is 4. The Labute approximate surface area is 215 Å². The number of para-hydroxylation sites is 2. The zero-order valence-electron chi connectivity index (χ0n) is 20.3. The van der Waals surface area contributed by atoms with Crippen molar-refractivity contribution in [2.24, 2.45) is 0 Å². The molecule has 3 rings (SSSR count). The van der Waals surface area contributed by atoms with Crippen molar-refractivity contribution >= 4 is 29.1 Å². The second kappa shape index (κ2) is 13.2. The van der Waals surface area contributed by atoms with Crippen LogP contribution in [0.4, 0.5) is 21.9 Å². The van der Waals surface area contributed by atoms with E-state index in [0.717, 1.165) is 0 Å². The Balaban J connectivity index is 1.60. The number of phenols is 1. The molecule has 0 saturated heterocycles. The molecule has 3 aromatic carbocycles. The van der Waals surface area contributed by atoms with E-state index in [4.69, 9.17) is 20.5 Å². The average Bonchev–Trinajstić information content (AvgIpc) is 2.89. The zero-order valence-corrected chi connectivity index (χ0v) is 20.3. The van der Waals surface area contributed by atoms with Crippen molar-refractivity contribution in [2.45, 2.75) is 25.4 Å². The molecule has 0 aliphatic heterocycles. The molecule has 0 bridgehead atoms. The van der Waals surface area contributed by atoms with Crippen LogP contribution in [0, 0.1) is 11.3 Å². The van der Waals surface area contributed by atoms with Crippen molar-refractivity contribution in [3.8, 4) is 17.6 Å². The monoisotopic (exact) mass is 500 g/mol. The number of nitrogens with one attached hydrogen (secondary N) is 2. The lowest BCUT2D eigenvalue weighted by atomic mass is 10.0. The number of carbonyl (C=O) groups excluding carboxylic acids is 2. The van der Waals surface area contributed by atoms with E-state index in [0.29, 0.717) is 53.2 Å². The number of nitrogen functional groups attached to an aromatic ring is 1. The zero-order chi connectivity index (χ0) is 26.6. The number of carbonyl (C=O) groups is 2. The molecule has 0 heterocycles. The number of rotatable bonds is 10. The van der Waals surface area contributed by atoms with Gasteiger partial charge in [-0.15, -0.1) is 0 Å². The minimum Gasteiger partial charge on any atom is -0.504 e. The summed E-state index contributed by atoms with van der Waals surface area (Å²) in [6.45, 7) is 0. The van der Waals surface area contributed by atoms with Crippen LogP contribution in [0.5, 0.6) is 11.5 Å². The Bertz CT molecular complexity index is 1300. The molecule has 0 radical (unpaired) electrons. The van der Waals surface area contributed by atoms with Gasteiger partial charge in [-0.2, -0.15) is 5.26 Å². The van der Waals surface area contributed by atoms with E-state index in [-0.39, 0.29) is 11.7 Å². The lowest BCUT2D eigenvalue weighted by Gasteiger charge is -2.19. The molecule has 0 fully saturated rings. The van der Waals surface area contributed by atoms with Gasteiger partial charge in [0, 0.05) is 5.69 Å².